The number of para-hydroxylation sites is 1. The Morgan fingerprint density at radius 3 is 2.30 bits per heavy atom. The van der Waals surface area contributed by atoms with E-state index in [-0.39, 0.29) is 24.4 Å². The molecule has 7 heteroatoms. The molecule has 0 spiro atoms. The molecule has 0 aromatic heterocycles. The third-order valence-electron chi connectivity index (χ3n) is 8.21. The zero-order valence-electron chi connectivity index (χ0n) is 21.7. The normalized spacial score (nSPS) is 21.5. The number of carbonyl (C=O) groups excluding carboxylic acids is 2. The number of likely N-dealkylation sites (tertiary alicyclic amines) is 1. The van der Waals surface area contributed by atoms with Gasteiger partial charge in [0, 0.05) is 51.5 Å². The van der Waals surface area contributed by atoms with Gasteiger partial charge in [-0.25, -0.2) is 0 Å². The predicted molar refractivity (Wildman–Crippen MR) is 144 cm³/mol. The first kappa shape index (κ1) is 25.4. The molecule has 1 saturated heterocycles. The summed E-state index contributed by atoms with van der Waals surface area (Å²) in [5.41, 5.74) is 1.50. The van der Waals surface area contributed by atoms with Crippen molar-refractivity contribution < 1.29 is 19.8 Å². The summed E-state index contributed by atoms with van der Waals surface area (Å²) in [4.78, 5) is 30.3. The first-order valence-corrected chi connectivity index (χ1v) is 12.9. The lowest BCUT2D eigenvalue weighted by molar-refractivity contribution is -0.140. The summed E-state index contributed by atoms with van der Waals surface area (Å²) in [5.74, 6) is -0.313. The monoisotopic (exact) mass is 501 g/mol. The minimum atomic E-state index is -1.90. The third-order valence-corrected chi connectivity index (χ3v) is 8.21. The zero-order chi connectivity index (χ0) is 26.3. The minimum Gasteiger partial charge on any atom is -0.386 e. The predicted octanol–water partition coefficient (Wildman–Crippen LogP) is 3.39. The SMILES string of the molecule is CN(C)C(=O)CC(O)(C=O)c1ccccc1N(C)C1CCN(C2c3cccc4cccc(c34)[C@@H]2O)CC1. The Labute approximate surface area is 217 Å². The molecular weight excluding hydrogens is 466 g/mol. The van der Waals surface area contributed by atoms with Gasteiger partial charge in [-0.1, -0.05) is 54.6 Å². The van der Waals surface area contributed by atoms with Gasteiger partial charge in [0.15, 0.2) is 11.9 Å². The van der Waals surface area contributed by atoms with E-state index in [4.69, 9.17) is 0 Å². The van der Waals surface area contributed by atoms with Crippen LogP contribution < -0.4 is 4.90 Å². The third kappa shape index (κ3) is 4.41. The van der Waals surface area contributed by atoms with E-state index < -0.39 is 11.7 Å². The number of rotatable bonds is 7. The van der Waals surface area contributed by atoms with Crippen molar-refractivity contribution in [1.82, 2.24) is 9.80 Å². The van der Waals surface area contributed by atoms with E-state index >= 15 is 0 Å². The van der Waals surface area contributed by atoms with E-state index in [0.29, 0.717) is 11.8 Å². The zero-order valence-corrected chi connectivity index (χ0v) is 21.7. The number of benzene rings is 3. The largest absolute Gasteiger partial charge is 0.386 e. The quantitative estimate of drug-likeness (QED) is 0.483. The summed E-state index contributed by atoms with van der Waals surface area (Å²) in [6.07, 6.45) is 1.36. The van der Waals surface area contributed by atoms with Crippen LogP contribution in [0.2, 0.25) is 0 Å². The van der Waals surface area contributed by atoms with Crippen LogP contribution >= 0.6 is 0 Å². The summed E-state index contributed by atoms with van der Waals surface area (Å²) in [7, 11) is 5.21. The Bertz CT molecular complexity index is 1310. The number of aliphatic hydroxyl groups is 2. The average Bonchev–Trinajstić information content (AvgIpc) is 3.21. The molecule has 2 N–H and O–H groups in total. The molecule has 1 amide bonds. The lowest BCUT2D eigenvalue weighted by atomic mass is 9.88. The van der Waals surface area contributed by atoms with E-state index in [1.54, 1.807) is 26.2 Å². The van der Waals surface area contributed by atoms with Crippen molar-refractivity contribution in [3.63, 3.8) is 0 Å². The highest BCUT2D eigenvalue weighted by atomic mass is 16.3. The minimum absolute atomic E-state index is 0.0585. The lowest BCUT2D eigenvalue weighted by Gasteiger charge is -2.42. The van der Waals surface area contributed by atoms with E-state index in [1.807, 2.05) is 31.3 Å². The molecule has 37 heavy (non-hydrogen) atoms. The van der Waals surface area contributed by atoms with Gasteiger partial charge in [-0.15, -0.1) is 0 Å². The maximum atomic E-state index is 12.4. The topological polar surface area (TPSA) is 84.3 Å². The molecule has 1 aliphatic carbocycles. The molecule has 7 nitrogen and oxygen atoms in total. The molecule has 0 bridgehead atoms. The summed E-state index contributed by atoms with van der Waals surface area (Å²) < 4.78 is 0. The second kappa shape index (κ2) is 9.89. The van der Waals surface area contributed by atoms with Gasteiger partial charge in [-0.05, 0) is 40.8 Å². The first-order chi connectivity index (χ1) is 17.7. The smallest absolute Gasteiger partial charge is 0.225 e. The maximum Gasteiger partial charge on any atom is 0.225 e. The molecule has 2 aliphatic rings. The fraction of sp³-hybridized carbons (Fsp3) is 0.400. The molecule has 1 heterocycles. The molecule has 5 rings (SSSR count). The van der Waals surface area contributed by atoms with Crippen LogP contribution in [0.25, 0.3) is 10.8 Å². The lowest BCUT2D eigenvalue weighted by Crippen LogP contribution is -2.46. The van der Waals surface area contributed by atoms with Crippen molar-refractivity contribution in [2.24, 2.45) is 0 Å². The van der Waals surface area contributed by atoms with E-state index in [9.17, 15) is 19.8 Å². The Kier molecular flexibility index (Phi) is 6.79. The van der Waals surface area contributed by atoms with Crippen LogP contribution in [-0.4, -0.2) is 72.5 Å². The van der Waals surface area contributed by atoms with Crippen LogP contribution in [0, 0.1) is 0 Å². The average molecular weight is 502 g/mol. The molecule has 1 aliphatic heterocycles. The van der Waals surface area contributed by atoms with Gasteiger partial charge >= 0.3 is 0 Å². The van der Waals surface area contributed by atoms with Crippen LogP contribution in [0.4, 0.5) is 5.69 Å². The Balaban J connectivity index is 1.34. The van der Waals surface area contributed by atoms with Gasteiger partial charge in [-0.3, -0.25) is 14.5 Å². The summed E-state index contributed by atoms with van der Waals surface area (Å²) in [5, 5.41) is 24.8. The van der Waals surface area contributed by atoms with E-state index in [1.165, 1.54) is 15.8 Å². The van der Waals surface area contributed by atoms with Crippen LogP contribution in [0.3, 0.4) is 0 Å². The number of hydrogen-bond donors (Lipinski definition) is 2. The fourth-order valence-corrected chi connectivity index (χ4v) is 6.11. The molecular formula is C30H35N3O4. The van der Waals surface area contributed by atoms with E-state index in [0.717, 1.165) is 42.6 Å². The summed E-state index contributed by atoms with van der Waals surface area (Å²) >= 11 is 0. The van der Waals surface area contributed by atoms with Gasteiger partial charge in [0.1, 0.15) is 0 Å². The molecule has 3 atom stereocenters. The van der Waals surface area contributed by atoms with Gasteiger partial charge in [-0.2, -0.15) is 0 Å². The second-order valence-electron chi connectivity index (χ2n) is 10.6. The van der Waals surface area contributed by atoms with Crippen molar-refractivity contribution in [2.75, 3.05) is 39.1 Å². The van der Waals surface area contributed by atoms with Gasteiger partial charge in [0.25, 0.3) is 0 Å². The number of carbonyl (C=O) groups is 2. The number of piperidine rings is 1. The molecule has 0 radical (unpaired) electrons. The van der Waals surface area contributed by atoms with Crippen molar-refractivity contribution in [1.29, 1.82) is 0 Å². The van der Waals surface area contributed by atoms with Crippen LogP contribution in [0.5, 0.6) is 0 Å². The second-order valence-corrected chi connectivity index (χ2v) is 10.6. The highest BCUT2D eigenvalue weighted by Crippen LogP contribution is 2.47. The van der Waals surface area contributed by atoms with Gasteiger partial charge in [0.2, 0.25) is 5.91 Å². The Morgan fingerprint density at radius 2 is 1.65 bits per heavy atom. The van der Waals surface area contributed by atoms with Crippen molar-refractivity contribution in [3.8, 4) is 0 Å². The highest BCUT2D eigenvalue weighted by Gasteiger charge is 2.40. The van der Waals surface area contributed by atoms with Gasteiger partial charge < -0.3 is 20.0 Å². The number of nitrogens with zero attached hydrogens (tertiary/aromatic N) is 3. The molecule has 194 valence electrons. The molecule has 2 unspecified atom stereocenters. The maximum absolute atomic E-state index is 12.4. The van der Waals surface area contributed by atoms with Crippen LogP contribution in [0.15, 0.2) is 60.7 Å². The van der Waals surface area contributed by atoms with E-state index in [2.05, 4.69) is 34.1 Å². The van der Waals surface area contributed by atoms with Crippen molar-refractivity contribution in [2.45, 2.75) is 43.1 Å². The van der Waals surface area contributed by atoms with Gasteiger partial charge in [0.05, 0.1) is 18.6 Å². The summed E-state index contributed by atoms with van der Waals surface area (Å²) in [6.45, 7) is 1.64. The summed E-state index contributed by atoms with van der Waals surface area (Å²) in [6, 6.07) is 19.9. The number of hydrogen-bond acceptors (Lipinski definition) is 6. The Hall–Kier alpha value is -3.26. The molecule has 3 aromatic rings. The molecule has 0 saturated carbocycles. The van der Waals surface area contributed by atoms with Crippen molar-refractivity contribution >= 4 is 28.7 Å². The molecule has 1 fully saturated rings. The highest BCUT2D eigenvalue weighted by molar-refractivity contribution is 5.92. The number of aliphatic hydroxyl groups excluding tert-OH is 1. The fourth-order valence-electron chi connectivity index (χ4n) is 6.11. The van der Waals surface area contributed by atoms with Crippen LogP contribution in [-0.2, 0) is 15.2 Å². The first-order valence-electron chi connectivity index (χ1n) is 12.9. The standard InChI is InChI=1S/C30H35N3O4/c1-31(2)26(35)18-30(37,19-34)24-12-4-5-13-25(24)32(3)21-14-16-33(17-15-21)28-22-10-6-8-20-9-7-11-23(27(20)22)29(28)36/h4-13,19,21,28-29,36-37H,14-18H2,1-3H3/t28?,29-,30?/m0/s1. The van der Waals surface area contributed by atoms with Crippen molar-refractivity contribution in [3.05, 3.63) is 77.4 Å². The number of aldehydes is 1. The number of amides is 1. The van der Waals surface area contributed by atoms with Crippen LogP contribution in [0.1, 0.15) is 48.1 Å². The molecule has 3 aromatic carbocycles. The Morgan fingerprint density at radius 1 is 1.00 bits per heavy atom. The number of anilines is 1.